The van der Waals surface area contributed by atoms with Gasteiger partial charge in [-0.25, -0.2) is 4.98 Å². The third kappa shape index (κ3) is 1.36. The molecule has 0 unspecified atom stereocenters. The monoisotopic (exact) mass is 220 g/mol. The standard InChI is InChI=1S/C12H13ClN2/c1-8-5-11-12(6-10(8)13)15(7-14-11)9-3-2-4-9/h5-7,9H,2-4H2,1H3. The molecule has 0 atom stereocenters. The van der Waals surface area contributed by atoms with Crippen LogP contribution in [0.5, 0.6) is 0 Å². The minimum absolute atomic E-state index is 0.647. The Hall–Kier alpha value is -1.02. The molecule has 3 heteroatoms. The number of halogens is 1. The molecule has 0 bridgehead atoms. The Morgan fingerprint density at radius 1 is 1.40 bits per heavy atom. The molecule has 1 saturated carbocycles. The molecule has 2 aromatic rings. The predicted octanol–water partition coefficient (Wildman–Crippen LogP) is 3.72. The summed E-state index contributed by atoms with van der Waals surface area (Å²) in [5, 5.41) is 0.837. The molecular weight excluding hydrogens is 208 g/mol. The van der Waals surface area contributed by atoms with Crippen LogP contribution in [0, 0.1) is 6.92 Å². The Bertz CT molecular complexity index is 512. The van der Waals surface area contributed by atoms with E-state index in [9.17, 15) is 0 Å². The van der Waals surface area contributed by atoms with Crippen molar-refractivity contribution in [1.29, 1.82) is 0 Å². The lowest BCUT2D eigenvalue weighted by Gasteiger charge is -2.27. The van der Waals surface area contributed by atoms with Crippen molar-refractivity contribution in [2.75, 3.05) is 0 Å². The zero-order valence-electron chi connectivity index (χ0n) is 8.70. The minimum atomic E-state index is 0.647. The number of benzene rings is 1. The van der Waals surface area contributed by atoms with Crippen LogP contribution in [-0.2, 0) is 0 Å². The van der Waals surface area contributed by atoms with Crippen LogP contribution in [0.2, 0.25) is 5.02 Å². The van der Waals surface area contributed by atoms with Crippen molar-refractivity contribution < 1.29 is 0 Å². The lowest BCUT2D eigenvalue weighted by molar-refractivity contribution is 0.320. The summed E-state index contributed by atoms with van der Waals surface area (Å²) >= 11 is 6.14. The van der Waals surface area contributed by atoms with E-state index >= 15 is 0 Å². The van der Waals surface area contributed by atoms with Crippen molar-refractivity contribution in [2.45, 2.75) is 32.2 Å². The summed E-state index contributed by atoms with van der Waals surface area (Å²) in [5.41, 5.74) is 3.34. The Morgan fingerprint density at radius 2 is 2.20 bits per heavy atom. The lowest BCUT2D eigenvalue weighted by atomic mass is 9.93. The van der Waals surface area contributed by atoms with Crippen LogP contribution >= 0.6 is 11.6 Å². The molecule has 1 aliphatic carbocycles. The van der Waals surface area contributed by atoms with Crippen molar-refractivity contribution in [1.82, 2.24) is 9.55 Å². The molecule has 1 fully saturated rings. The Labute approximate surface area is 93.9 Å². The van der Waals surface area contributed by atoms with E-state index in [4.69, 9.17) is 11.6 Å². The first kappa shape index (κ1) is 9.22. The van der Waals surface area contributed by atoms with Crippen LogP contribution in [0.3, 0.4) is 0 Å². The number of nitrogens with zero attached hydrogens (tertiary/aromatic N) is 2. The molecule has 0 aliphatic heterocycles. The number of aromatic nitrogens is 2. The average molecular weight is 221 g/mol. The predicted molar refractivity (Wildman–Crippen MR) is 62.4 cm³/mol. The highest BCUT2D eigenvalue weighted by atomic mass is 35.5. The van der Waals surface area contributed by atoms with Gasteiger partial charge in [-0.15, -0.1) is 0 Å². The maximum absolute atomic E-state index is 6.14. The van der Waals surface area contributed by atoms with E-state index in [0.717, 1.165) is 16.1 Å². The van der Waals surface area contributed by atoms with Gasteiger partial charge in [0.2, 0.25) is 0 Å². The molecule has 1 aromatic carbocycles. The molecule has 0 spiro atoms. The average Bonchev–Trinajstić information content (AvgIpc) is 2.48. The molecule has 0 N–H and O–H groups in total. The molecule has 1 heterocycles. The zero-order valence-corrected chi connectivity index (χ0v) is 9.46. The SMILES string of the molecule is Cc1cc2ncn(C3CCC3)c2cc1Cl. The number of hydrogen-bond donors (Lipinski definition) is 0. The highest BCUT2D eigenvalue weighted by Crippen LogP contribution is 2.34. The van der Waals surface area contributed by atoms with Gasteiger partial charge in [-0.05, 0) is 43.9 Å². The summed E-state index contributed by atoms with van der Waals surface area (Å²) in [6, 6.07) is 4.75. The summed E-state index contributed by atoms with van der Waals surface area (Å²) in [5.74, 6) is 0. The van der Waals surface area contributed by atoms with Crippen LogP contribution in [0.25, 0.3) is 11.0 Å². The first-order chi connectivity index (χ1) is 7.25. The van der Waals surface area contributed by atoms with Gasteiger partial charge in [-0.2, -0.15) is 0 Å². The summed E-state index contributed by atoms with van der Waals surface area (Å²) in [6.45, 7) is 2.02. The molecule has 2 nitrogen and oxygen atoms in total. The number of imidazole rings is 1. The molecule has 15 heavy (non-hydrogen) atoms. The minimum Gasteiger partial charge on any atom is -0.327 e. The fourth-order valence-corrected chi connectivity index (χ4v) is 2.27. The van der Waals surface area contributed by atoms with E-state index in [-0.39, 0.29) is 0 Å². The summed E-state index contributed by atoms with van der Waals surface area (Å²) in [7, 11) is 0. The number of aryl methyl sites for hydroxylation is 1. The third-order valence-electron chi connectivity index (χ3n) is 3.32. The van der Waals surface area contributed by atoms with Gasteiger partial charge in [-0.1, -0.05) is 11.6 Å². The molecule has 3 rings (SSSR count). The van der Waals surface area contributed by atoms with E-state index in [0.29, 0.717) is 6.04 Å². The molecule has 1 aromatic heterocycles. The second kappa shape index (κ2) is 3.24. The second-order valence-corrected chi connectivity index (χ2v) is 4.73. The Balaban J connectivity index is 2.19. The molecule has 0 saturated heterocycles. The van der Waals surface area contributed by atoms with E-state index < -0.39 is 0 Å². The van der Waals surface area contributed by atoms with Crippen LogP contribution in [0.1, 0.15) is 30.9 Å². The zero-order chi connectivity index (χ0) is 10.4. The van der Waals surface area contributed by atoms with Gasteiger partial charge in [-0.3, -0.25) is 0 Å². The van der Waals surface area contributed by atoms with Crippen molar-refractivity contribution in [3.05, 3.63) is 29.0 Å². The van der Waals surface area contributed by atoms with Gasteiger partial charge < -0.3 is 4.57 Å². The second-order valence-electron chi connectivity index (χ2n) is 4.33. The third-order valence-corrected chi connectivity index (χ3v) is 3.73. The maximum Gasteiger partial charge on any atom is 0.0960 e. The van der Waals surface area contributed by atoms with Crippen LogP contribution < -0.4 is 0 Å². The fraction of sp³-hybridized carbons (Fsp3) is 0.417. The van der Waals surface area contributed by atoms with Crippen LogP contribution in [0.15, 0.2) is 18.5 Å². The lowest BCUT2D eigenvalue weighted by Crippen LogP contribution is -2.15. The summed E-state index contributed by atoms with van der Waals surface area (Å²) in [4.78, 5) is 4.43. The van der Waals surface area contributed by atoms with E-state index in [2.05, 4.69) is 15.6 Å². The highest BCUT2D eigenvalue weighted by Gasteiger charge is 2.21. The van der Waals surface area contributed by atoms with E-state index in [1.165, 1.54) is 24.8 Å². The first-order valence-electron chi connectivity index (χ1n) is 5.38. The molecule has 0 amide bonds. The first-order valence-corrected chi connectivity index (χ1v) is 5.76. The van der Waals surface area contributed by atoms with Gasteiger partial charge in [0.15, 0.2) is 0 Å². The summed E-state index contributed by atoms with van der Waals surface area (Å²) < 4.78 is 2.27. The normalized spacial score (nSPS) is 16.9. The van der Waals surface area contributed by atoms with Crippen LogP contribution in [0.4, 0.5) is 0 Å². The molecule has 1 aliphatic rings. The fourth-order valence-electron chi connectivity index (χ4n) is 2.11. The van der Waals surface area contributed by atoms with Crippen LogP contribution in [-0.4, -0.2) is 9.55 Å². The molecular formula is C12H13ClN2. The molecule has 0 radical (unpaired) electrons. The number of fused-ring (bicyclic) bond motifs is 1. The number of rotatable bonds is 1. The maximum atomic E-state index is 6.14. The number of hydrogen-bond acceptors (Lipinski definition) is 1. The van der Waals surface area contributed by atoms with Gasteiger partial charge in [0.1, 0.15) is 0 Å². The largest absolute Gasteiger partial charge is 0.327 e. The van der Waals surface area contributed by atoms with Gasteiger partial charge in [0.25, 0.3) is 0 Å². The van der Waals surface area contributed by atoms with Crippen molar-refractivity contribution >= 4 is 22.6 Å². The molecule has 78 valence electrons. The van der Waals surface area contributed by atoms with Gasteiger partial charge in [0, 0.05) is 11.1 Å². The van der Waals surface area contributed by atoms with Crippen molar-refractivity contribution in [2.24, 2.45) is 0 Å². The van der Waals surface area contributed by atoms with Crippen molar-refractivity contribution in [3.8, 4) is 0 Å². The van der Waals surface area contributed by atoms with Gasteiger partial charge in [0.05, 0.1) is 17.4 Å². The van der Waals surface area contributed by atoms with Crippen molar-refractivity contribution in [3.63, 3.8) is 0 Å². The topological polar surface area (TPSA) is 17.8 Å². The Kier molecular flexibility index (Phi) is 1.99. The quantitative estimate of drug-likeness (QED) is 0.716. The smallest absolute Gasteiger partial charge is 0.0960 e. The highest BCUT2D eigenvalue weighted by molar-refractivity contribution is 6.32. The van der Waals surface area contributed by atoms with E-state index in [1.54, 1.807) is 0 Å². The Morgan fingerprint density at radius 3 is 2.87 bits per heavy atom. The van der Waals surface area contributed by atoms with Gasteiger partial charge >= 0.3 is 0 Å². The van der Waals surface area contributed by atoms with E-state index in [1.807, 2.05) is 19.3 Å². The summed E-state index contributed by atoms with van der Waals surface area (Å²) in [6.07, 6.45) is 5.84.